The summed E-state index contributed by atoms with van der Waals surface area (Å²) in [4.78, 5) is 4.09. The maximum Gasteiger partial charge on any atom is 0.364 e. The molecule has 9 heavy (non-hydrogen) atoms. The fourth-order valence-corrected chi connectivity index (χ4v) is 1.55. The SMILES string of the molecule is C1=C[N+]2=CCSC2=N1.[Br-]. The zero-order chi connectivity index (χ0) is 5.40. The van der Waals surface area contributed by atoms with E-state index in [4.69, 9.17) is 0 Å². The number of thioether (sulfide) groups is 1. The minimum absolute atomic E-state index is 0. The van der Waals surface area contributed by atoms with Crippen molar-refractivity contribution < 1.29 is 21.6 Å². The van der Waals surface area contributed by atoms with E-state index in [1.165, 1.54) is 0 Å². The van der Waals surface area contributed by atoms with E-state index in [0.29, 0.717) is 0 Å². The zero-order valence-electron chi connectivity index (χ0n) is 4.62. The standard InChI is InChI=1S/C5H5N2S.BrH/c1-2-7-3-4-8-5(7)6-1;/h1-3H,4H2;1H/q+1;/p-1. The maximum absolute atomic E-state index is 4.09. The third-order valence-electron chi connectivity index (χ3n) is 1.12. The molecule has 0 aromatic heterocycles. The van der Waals surface area contributed by atoms with Crippen LogP contribution in [0.15, 0.2) is 17.4 Å². The quantitative estimate of drug-likeness (QED) is 0.405. The lowest BCUT2D eigenvalue weighted by Crippen LogP contribution is -3.00. The molecule has 0 radical (unpaired) electrons. The van der Waals surface area contributed by atoms with E-state index in [2.05, 4.69) is 11.2 Å². The molecule has 0 amide bonds. The summed E-state index contributed by atoms with van der Waals surface area (Å²) in [6.45, 7) is 0. The molecule has 0 aliphatic carbocycles. The van der Waals surface area contributed by atoms with Gasteiger partial charge in [-0.25, -0.2) is 0 Å². The average Bonchev–Trinajstić information content (AvgIpc) is 2.15. The number of halogens is 1. The molecule has 2 aliphatic heterocycles. The minimum Gasteiger partial charge on any atom is -1.00 e. The van der Waals surface area contributed by atoms with Crippen LogP contribution in [0, 0.1) is 0 Å². The van der Waals surface area contributed by atoms with Gasteiger partial charge in [-0.2, -0.15) is 4.58 Å². The molecule has 0 fully saturated rings. The first-order chi connectivity index (χ1) is 3.97. The van der Waals surface area contributed by atoms with Crippen LogP contribution in [0.5, 0.6) is 0 Å². The third-order valence-corrected chi connectivity index (χ3v) is 2.01. The lowest BCUT2D eigenvalue weighted by atomic mass is 10.8. The van der Waals surface area contributed by atoms with Gasteiger partial charge in [-0.1, -0.05) is 0 Å². The molecule has 0 saturated heterocycles. The molecule has 0 spiro atoms. The number of aliphatic imine (C=N–C) groups is 1. The van der Waals surface area contributed by atoms with Crippen LogP contribution < -0.4 is 17.0 Å². The van der Waals surface area contributed by atoms with Gasteiger partial charge in [0.25, 0.3) is 0 Å². The molecule has 0 atom stereocenters. The van der Waals surface area contributed by atoms with Crippen molar-refractivity contribution in [2.24, 2.45) is 4.99 Å². The molecule has 48 valence electrons. The van der Waals surface area contributed by atoms with Crippen molar-refractivity contribution in [3.63, 3.8) is 0 Å². The monoisotopic (exact) mass is 204 g/mol. The Morgan fingerprint density at radius 2 is 2.56 bits per heavy atom. The fraction of sp³-hybridized carbons (Fsp3) is 0.200. The van der Waals surface area contributed by atoms with Crippen molar-refractivity contribution in [1.29, 1.82) is 0 Å². The lowest BCUT2D eigenvalue weighted by molar-refractivity contribution is -0.305. The number of rotatable bonds is 0. The fourth-order valence-electron chi connectivity index (χ4n) is 0.742. The Morgan fingerprint density at radius 3 is 3.33 bits per heavy atom. The van der Waals surface area contributed by atoms with Gasteiger partial charge in [0.15, 0.2) is 6.20 Å². The smallest absolute Gasteiger partial charge is 0.364 e. The Labute approximate surface area is 68.1 Å². The van der Waals surface area contributed by atoms with E-state index >= 15 is 0 Å². The van der Waals surface area contributed by atoms with Crippen LogP contribution >= 0.6 is 11.8 Å². The Balaban J connectivity index is 0.000000405. The van der Waals surface area contributed by atoms with Gasteiger partial charge in [-0.05, 0) is 16.8 Å². The third kappa shape index (κ3) is 1.09. The van der Waals surface area contributed by atoms with Crippen LogP contribution in [0.3, 0.4) is 0 Å². The molecule has 0 N–H and O–H groups in total. The first-order valence-electron chi connectivity index (χ1n) is 2.46. The number of hydrogen-bond donors (Lipinski definition) is 0. The van der Waals surface area contributed by atoms with Gasteiger partial charge in [0, 0.05) is 0 Å². The molecule has 2 rings (SSSR count). The Hall–Kier alpha value is -0.0900. The van der Waals surface area contributed by atoms with Crippen molar-refractivity contribution in [2.75, 3.05) is 5.75 Å². The molecule has 2 nitrogen and oxygen atoms in total. The van der Waals surface area contributed by atoms with Gasteiger partial charge in [0.05, 0.1) is 12.0 Å². The number of fused-ring (bicyclic) bond motifs is 1. The summed E-state index contributed by atoms with van der Waals surface area (Å²) < 4.78 is 2.05. The molecule has 0 aromatic rings. The topological polar surface area (TPSA) is 15.4 Å². The molecule has 4 heteroatoms. The second-order valence-electron chi connectivity index (χ2n) is 1.61. The van der Waals surface area contributed by atoms with E-state index in [0.717, 1.165) is 10.9 Å². The molecular weight excluding hydrogens is 200 g/mol. The highest BCUT2D eigenvalue weighted by Crippen LogP contribution is 2.14. The summed E-state index contributed by atoms with van der Waals surface area (Å²) in [5.74, 6) is 1.07. The number of amidine groups is 1. The molecule has 0 aromatic carbocycles. The highest BCUT2D eigenvalue weighted by Gasteiger charge is 2.22. The maximum atomic E-state index is 4.09. The molecule has 0 saturated carbocycles. The Morgan fingerprint density at radius 1 is 1.67 bits per heavy atom. The Kier molecular flexibility index (Phi) is 2.08. The van der Waals surface area contributed by atoms with E-state index in [-0.39, 0.29) is 17.0 Å². The first-order valence-corrected chi connectivity index (χ1v) is 3.44. The van der Waals surface area contributed by atoms with E-state index < -0.39 is 0 Å². The van der Waals surface area contributed by atoms with Gasteiger partial charge in [-0.15, -0.1) is 0 Å². The van der Waals surface area contributed by atoms with Gasteiger partial charge in [-0.3, -0.25) is 0 Å². The van der Waals surface area contributed by atoms with Crippen LogP contribution in [0.2, 0.25) is 0 Å². The normalized spacial score (nSPS) is 20.4. The van der Waals surface area contributed by atoms with Gasteiger partial charge in [0.2, 0.25) is 0 Å². The number of nitrogens with zero attached hydrogens (tertiary/aromatic N) is 2. The van der Waals surface area contributed by atoms with Crippen LogP contribution in [-0.4, -0.2) is 21.7 Å². The molecule has 0 unspecified atom stereocenters. The second kappa shape index (κ2) is 2.66. The lowest BCUT2D eigenvalue weighted by Gasteiger charge is -1.78. The van der Waals surface area contributed by atoms with Crippen molar-refractivity contribution >= 4 is 23.1 Å². The molecule has 2 heterocycles. The summed E-state index contributed by atoms with van der Waals surface area (Å²) in [5, 5.41) is 1.12. The van der Waals surface area contributed by atoms with E-state index in [1.807, 2.05) is 17.0 Å². The van der Waals surface area contributed by atoms with Crippen LogP contribution in [-0.2, 0) is 0 Å². The van der Waals surface area contributed by atoms with Crippen LogP contribution in [0.1, 0.15) is 0 Å². The predicted octanol–water partition coefficient (Wildman–Crippen LogP) is -2.34. The summed E-state index contributed by atoms with van der Waals surface area (Å²) in [7, 11) is 0. The molecule has 2 aliphatic rings. The summed E-state index contributed by atoms with van der Waals surface area (Å²) >= 11 is 1.77. The molecule has 0 bridgehead atoms. The van der Waals surface area contributed by atoms with E-state index in [1.54, 1.807) is 11.8 Å². The van der Waals surface area contributed by atoms with Crippen molar-refractivity contribution in [2.45, 2.75) is 0 Å². The van der Waals surface area contributed by atoms with Crippen molar-refractivity contribution in [3.05, 3.63) is 12.4 Å². The largest absolute Gasteiger partial charge is 1.00 e. The van der Waals surface area contributed by atoms with E-state index in [9.17, 15) is 0 Å². The summed E-state index contributed by atoms with van der Waals surface area (Å²) in [6, 6.07) is 0. The Bertz CT molecular complexity index is 207. The van der Waals surface area contributed by atoms with Crippen LogP contribution in [0.25, 0.3) is 0 Å². The van der Waals surface area contributed by atoms with Crippen molar-refractivity contribution in [3.8, 4) is 0 Å². The average molecular weight is 205 g/mol. The number of hydrogen-bond acceptors (Lipinski definition) is 2. The van der Waals surface area contributed by atoms with Gasteiger partial charge in [0.1, 0.15) is 6.20 Å². The second-order valence-corrected chi connectivity index (χ2v) is 2.60. The summed E-state index contributed by atoms with van der Waals surface area (Å²) in [5.41, 5.74) is 0. The van der Waals surface area contributed by atoms with Gasteiger partial charge >= 0.3 is 5.17 Å². The zero-order valence-corrected chi connectivity index (χ0v) is 7.02. The minimum atomic E-state index is 0. The predicted molar refractivity (Wildman–Crippen MR) is 35.4 cm³/mol. The van der Waals surface area contributed by atoms with Crippen LogP contribution in [0.4, 0.5) is 0 Å². The highest BCUT2D eigenvalue weighted by molar-refractivity contribution is 8.14. The van der Waals surface area contributed by atoms with Gasteiger partial charge < -0.3 is 17.0 Å². The highest BCUT2D eigenvalue weighted by atomic mass is 79.9. The van der Waals surface area contributed by atoms with Crippen molar-refractivity contribution in [1.82, 2.24) is 0 Å². The first kappa shape index (κ1) is 7.02. The molecular formula is C5H5BrN2S. The summed E-state index contributed by atoms with van der Waals surface area (Å²) in [6.07, 6.45) is 5.90.